The van der Waals surface area contributed by atoms with Crippen LogP contribution >= 0.6 is 0 Å². The lowest BCUT2D eigenvalue weighted by atomic mass is 9.97. The first-order valence-electron chi connectivity index (χ1n) is 6.90. The molecule has 1 saturated carbocycles. The van der Waals surface area contributed by atoms with Gasteiger partial charge in [-0.3, -0.25) is 4.79 Å². The SMILES string of the molecule is CNC1(C(N)=O)CCC(Oc2cccc(N(C)C)c2)C1. The van der Waals surface area contributed by atoms with Gasteiger partial charge in [0.15, 0.2) is 0 Å². The molecule has 2 rings (SSSR count). The van der Waals surface area contributed by atoms with Gasteiger partial charge in [-0.2, -0.15) is 0 Å². The third-order valence-electron chi connectivity index (χ3n) is 4.06. The second-order valence-corrected chi connectivity index (χ2v) is 5.57. The van der Waals surface area contributed by atoms with E-state index < -0.39 is 5.54 Å². The highest BCUT2D eigenvalue weighted by Gasteiger charge is 2.43. The third-order valence-corrected chi connectivity index (χ3v) is 4.06. The lowest BCUT2D eigenvalue weighted by Gasteiger charge is -2.25. The van der Waals surface area contributed by atoms with Crippen LogP contribution in [0, 0.1) is 0 Å². The molecule has 1 aliphatic rings. The van der Waals surface area contributed by atoms with Gasteiger partial charge >= 0.3 is 0 Å². The standard InChI is InChI=1S/C15H23N3O2/c1-17-15(14(16)19)8-7-13(10-15)20-12-6-4-5-11(9-12)18(2)3/h4-6,9,13,17H,7-8,10H2,1-3H3,(H2,16,19). The minimum Gasteiger partial charge on any atom is -0.490 e. The Morgan fingerprint density at radius 3 is 2.80 bits per heavy atom. The number of hydrogen-bond acceptors (Lipinski definition) is 4. The van der Waals surface area contributed by atoms with E-state index in [1.165, 1.54) is 0 Å². The molecule has 1 aliphatic carbocycles. The number of primary amides is 1. The smallest absolute Gasteiger partial charge is 0.237 e. The average molecular weight is 277 g/mol. The Morgan fingerprint density at radius 1 is 1.50 bits per heavy atom. The summed E-state index contributed by atoms with van der Waals surface area (Å²) in [4.78, 5) is 13.6. The van der Waals surface area contributed by atoms with Crippen molar-refractivity contribution in [3.05, 3.63) is 24.3 Å². The van der Waals surface area contributed by atoms with Crippen molar-refractivity contribution < 1.29 is 9.53 Å². The highest BCUT2D eigenvalue weighted by atomic mass is 16.5. The maximum absolute atomic E-state index is 11.6. The first kappa shape index (κ1) is 14.7. The van der Waals surface area contributed by atoms with Crippen LogP contribution in [0.3, 0.4) is 0 Å². The Bertz CT molecular complexity index is 490. The molecule has 1 amide bonds. The third kappa shape index (κ3) is 2.88. The van der Waals surface area contributed by atoms with E-state index in [4.69, 9.17) is 10.5 Å². The van der Waals surface area contributed by atoms with Crippen LogP contribution in [0.5, 0.6) is 5.75 Å². The summed E-state index contributed by atoms with van der Waals surface area (Å²) in [5.41, 5.74) is 5.97. The van der Waals surface area contributed by atoms with Crippen LogP contribution in [0.1, 0.15) is 19.3 Å². The summed E-state index contributed by atoms with van der Waals surface area (Å²) in [5.74, 6) is 0.533. The van der Waals surface area contributed by atoms with Crippen molar-refractivity contribution in [1.82, 2.24) is 5.32 Å². The van der Waals surface area contributed by atoms with E-state index in [1.807, 2.05) is 43.3 Å². The molecule has 2 unspecified atom stereocenters. The second kappa shape index (κ2) is 5.71. The van der Waals surface area contributed by atoms with Crippen LogP contribution in [0.4, 0.5) is 5.69 Å². The summed E-state index contributed by atoms with van der Waals surface area (Å²) in [5, 5.41) is 3.06. The summed E-state index contributed by atoms with van der Waals surface area (Å²) < 4.78 is 6.00. The largest absolute Gasteiger partial charge is 0.490 e. The molecular formula is C15H23N3O2. The quantitative estimate of drug-likeness (QED) is 0.846. The highest BCUT2D eigenvalue weighted by molar-refractivity contribution is 5.85. The summed E-state index contributed by atoms with van der Waals surface area (Å²) >= 11 is 0. The van der Waals surface area contributed by atoms with Crippen molar-refractivity contribution >= 4 is 11.6 Å². The van der Waals surface area contributed by atoms with E-state index in [9.17, 15) is 4.79 Å². The monoisotopic (exact) mass is 277 g/mol. The molecule has 0 bridgehead atoms. The van der Waals surface area contributed by atoms with Crippen molar-refractivity contribution in [3.8, 4) is 5.75 Å². The van der Waals surface area contributed by atoms with Crippen molar-refractivity contribution in [2.75, 3.05) is 26.0 Å². The predicted octanol–water partition coefficient (Wildman–Crippen LogP) is 1.13. The number of nitrogens with one attached hydrogen (secondary N) is 1. The fourth-order valence-electron chi connectivity index (χ4n) is 2.70. The molecule has 1 fully saturated rings. The molecule has 0 saturated heterocycles. The molecule has 1 aromatic rings. The summed E-state index contributed by atoms with van der Waals surface area (Å²) in [6.45, 7) is 0. The number of rotatable bonds is 5. The number of nitrogens with zero attached hydrogens (tertiary/aromatic N) is 1. The van der Waals surface area contributed by atoms with Gasteiger partial charge in [-0.15, -0.1) is 0 Å². The van der Waals surface area contributed by atoms with Gasteiger partial charge in [-0.25, -0.2) is 0 Å². The van der Waals surface area contributed by atoms with Crippen molar-refractivity contribution in [3.63, 3.8) is 0 Å². The first-order chi connectivity index (χ1) is 9.47. The molecule has 0 aromatic heterocycles. The van der Waals surface area contributed by atoms with E-state index in [1.54, 1.807) is 7.05 Å². The van der Waals surface area contributed by atoms with Gasteiger partial charge in [0.05, 0.1) is 0 Å². The number of ether oxygens (including phenoxy) is 1. The molecule has 0 spiro atoms. The number of carbonyl (C=O) groups excluding carboxylic acids is 1. The minimum absolute atomic E-state index is 0.0207. The van der Waals surface area contributed by atoms with Crippen LogP contribution < -0.4 is 20.7 Å². The number of carbonyl (C=O) groups is 1. The number of nitrogens with two attached hydrogens (primary N) is 1. The number of anilines is 1. The van der Waals surface area contributed by atoms with E-state index >= 15 is 0 Å². The summed E-state index contributed by atoms with van der Waals surface area (Å²) in [6.07, 6.45) is 2.19. The minimum atomic E-state index is -0.621. The Balaban J connectivity index is 2.05. The number of benzene rings is 1. The molecule has 5 nitrogen and oxygen atoms in total. The summed E-state index contributed by atoms with van der Waals surface area (Å²) in [7, 11) is 5.77. The van der Waals surface area contributed by atoms with Gasteiger partial charge in [0.25, 0.3) is 0 Å². The van der Waals surface area contributed by atoms with Crippen molar-refractivity contribution in [2.45, 2.75) is 30.9 Å². The lowest BCUT2D eigenvalue weighted by Crippen LogP contribution is -2.52. The maximum atomic E-state index is 11.6. The van der Waals surface area contributed by atoms with Crippen LogP contribution in [-0.2, 0) is 4.79 Å². The van der Waals surface area contributed by atoms with Crippen LogP contribution in [0.15, 0.2) is 24.3 Å². The zero-order valence-corrected chi connectivity index (χ0v) is 12.3. The molecule has 5 heteroatoms. The molecular weight excluding hydrogens is 254 g/mol. The van der Waals surface area contributed by atoms with E-state index in [2.05, 4.69) is 5.32 Å². The summed E-state index contributed by atoms with van der Waals surface area (Å²) in [6, 6.07) is 7.95. The lowest BCUT2D eigenvalue weighted by molar-refractivity contribution is -0.124. The zero-order chi connectivity index (χ0) is 14.8. The second-order valence-electron chi connectivity index (χ2n) is 5.57. The van der Waals surface area contributed by atoms with E-state index in [-0.39, 0.29) is 12.0 Å². The topological polar surface area (TPSA) is 67.6 Å². The number of amides is 1. The van der Waals surface area contributed by atoms with Gasteiger partial charge < -0.3 is 20.7 Å². The normalized spacial score (nSPS) is 25.4. The molecule has 20 heavy (non-hydrogen) atoms. The number of likely N-dealkylation sites (N-methyl/N-ethyl adjacent to an activating group) is 1. The molecule has 2 atom stereocenters. The molecule has 3 N–H and O–H groups in total. The average Bonchev–Trinajstić information content (AvgIpc) is 2.83. The van der Waals surface area contributed by atoms with Crippen LogP contribution in [0.2, 0.25) is 0 Å². The van der Waals surface area contributed by atoms with Gasteiger partial charge in [0.1, 0.15) is 17.4 Å². The zero-order valence-electron chi connectivity index (χ0n) is 12.3. The Kier molecular flexibility index (Phi) is 4.18. The van der Waals surface area contributed by atoms with E-state index in [0.717, 1.165) is 24.3 Å². The van der Waals surface area contributed by atoms with Crippen LogP contribution in [-0.4, -0.2) is 38.7 Å². The molecule has 110 valence electrons. The molecule has 1 aromatic carbocycles. The molecule has 0 radical (unpaired) electrons. The van der Waals surface area contributed by atoms with Crippen molar-refractivity contribution in [1.29, 1.82) is 0 Å². The van der Waals surface area contributed by atoms with Gasteiger partial charge in [0, 0.05) is 32.3 Å². The fraction of sp³-hybridized carbons (Fsp3) is 0.533. The molecule has 0 heterocycles. The molecule has 0 aliphatic heterocycles. The number of hydrogen-bond donors (Lipinski definition) is 2. The van der Waals surface area contributed by atoms with Crippen molar-refractivity contribution in [2.24, 2.45) is 5.73 Å². The Hall–Kier alpha value is -1.75. The maximum Gasteiger partial charge on any atom is 0.237 e. The highest BCUT2D eigenvalue weighted by Crippen LogP contribution is 2.33. The van der Waals surface area contributed by atoms with Gasteiger partial charge in [-0.05, 0) is 32.0 Å². The Labute approximate surface area is 120 Å². The van der Waals surface area contributed by atoms with Gasteiger partial charge in [0.2, 0.25) is 5.91 Å². The van der Waals surface area contributed by atoms with E-state index in [0.29, 0.717) is 6.42 Å². The fourth-order valence-corrected chi connectivity index (χ4v) is 2.70. The Morgan fingerprint density at radius 2 is 2.25 bits per heavy atom. The van der Waals surface area contributed by atoms with Gasteiger partial charge in [-0.1, -0.05) is 6.07 Å². The predicted molar refractivity (Wildman–Crippen MR) is 80.0 cm³/mol. The van der Waals surface area contributed by atoms with Crippen LogP contribution in [0.25, 0.3) is 0 Å². The first-order valence-corrected chi connectivity index (χ1v) is 6.90.